The van der Waals surface area contributed by atoms with E-state index in [0.29, 0.717) is 31.4 Å². The predicted molar refractivity (Wildman–Crippen MR) is 142 cm³/mol. The Hall–Kier alpha value is -3.75. The minimum absolute atomic E-state index is 0. The van der Waals surface area contributed by atoms with Gasteiger partial charge in [-0.25, -0.2) is 4.79 Å². The lowest BCUT2D eigenvalue weighted by Gasteiger charge is -2.17. The molecule has 0 saturated heterocycles. The van der Waals surface area contributed by atoms with Gasteiger partial charge in [-0.05, 0) is 67.8 Å². The quantitative estimate of drug-likeness (QED) is 0.164. The molecule has 0 heterocycles. The Morgan fingerprint density at radius 2 is 1.67 bits per heavy atom. The molecule has 9 heteroatoms. The van der Waals surface area contributed by atoms with Crippen LogP contribution in [0.5, 0.6) is 0 Å². The SMILES string of the molecule is COC(=O)[C@H](CCCCN)NC(=O)C(=O)c1cc(C)ccc1NC(=O)c1ccc2ccccc2c1.Cl. The van der Waals surface area contributed by atoms with Gasteiger partial charge in [0, 0.05) is 5.56 Å². The van der Waals surface area contributed by atoms with Crippen LogP contribution in [0.25, 0.3) is 10.8 Å². The molecule has 0 aliphatic carbocycles. The van der Waals surface area contributed by atoms with Gasteiger partial charge in [-0.1, -0.05) is 42.0 Å². The van der Waals surface area contributed by atoms with Gasteiger partial charge in [-0.3, -0.25) is 14.4 Å². The molecule has 36 heavy (non-hydrogen) atoms. The van der Waals surface area contributed by atoms with Crippen molar-refractivity contribution < 1.29 is 23.9 Å². The van der Waals surface area contributed by atoms with Crippen LogP contribution in [0.1, 0.15) is 45.5 Å². The van der Waals surface area contributed by atoms with Gasteiger partial charge in [0.05, 0.1) is 18.4 Å². The van der Waals surface area contributed by atoms with Crippen LogP contribution in [-0.2, 0) is 14.3 Å². The highest BCUT2D eigenvalue weighted by Gasteiger charge is 2.27. The average molecular weight is 512 g/mol. The van der Waals surface area contributed by atoms with Crippen molar-refractivity contribution in [3.63, 3.8) is 0 Å². The van der Waals surface area contributed by atoms with E-state index in [0.717, 1.165) is 16.3 Å². The number of carbonyl (C=O) groups is 4. The van der Waals surface area contributed by atoms with E-state index in [4.69, 9.17) is 10.5 Å². The van der Waals surface area contributed by atoms with E-state index in [2.05, 4.69) is 10.6 Å². The van der Waals surface area contributed by atoms with Crippen LogP contribution in [-0.4, -0.2) is 43.3 Å². The lowest BCUT2D eigenvalue weighted by Crippen LogP contribution is -2.44. The number of ether oxygens (including phenoxy) is 1. The summed E-state index contributed by atoms with van der Waals surface area (Å²) in [6, 6.07) is 16.8. The Labute approximate surface area is 216 Å². The minimum Gasteiger partial charge on any atom is -0.467 e. The number of halogens is 1. The van der Waals surface area contributed by atoms with Crippen LogP contribution in [0.3, 0.4) is 0 Å². The van der Waals surface area contributed by atoms with Gasteiger partial charge in [0.2, 0.25) is 0 Å². The van der Waals surface area contributed by atoms with Crippen LogP contribution in [0.15, 0.2) is 60.7 Å². The second-order valence-corrected chi connectivity index (χ2v) is 8.23. The molecular formula is C27H30ClN3O5. The number of fused-ring (bicyclic) bond motifs is 1. The summed E-state index contributed by atoms with van der Waals surface area (Å²) in [6.45, 7) is 2.22. The van der Waals surface area contributed by atoms with Crippen LogP contribution >= 0.6 is 12.4 Å². The highest BCUT2D eigenvalue weighted by Crippen LogP contribution is 2.21. The largest absolute Gasteiger partial charge is 0.467 e. The second kappa shape index (κ2) is 13.4. The number of carbonyl (C=O) groups excluding carboxylic acids is 4. The van der Waals surface area contributed by atoms with E-state index < -0.39 is 29.6 Å². The number of amides is 2. The highest BCUT2D eigenvalue weighted by atomic mass is 35.5. The zero-order valence-electron chi connectivity index (χ0n) is 20.2. The number of aryl methyl sites for hydroxylation is 1. The number of esters is 1. The molecule has 0 aliphatic heterocycles. The van der Waals surface area contributed by atoms with E-state index >= 15 is 0 Å². The summed E-state index contributed by atoms with van der Waals surface area (Å²) < 4.78 is 4.75. The molecular weight excluding hydrogens is 482 g/mol. The predicted octanol–water partition coefficient (Wildman–Crippen LogP) is 3.79. The van der Waals surface area contributed by atoms with Crippen molar-refractivity contribution in [3.05, 3.63) is 77.4 Å². The van der Waals surface area contributed by atoms with Crippen molar-refractivity contribution in [1.82, 2.24) is 5.32 Å². The lowest BCUT2D eigenvalue weighted by molar-refractivity contribution is -0.144. The zero-order valence-corrected chi connectivity index (χ0v) is 21.0. The summed E-state index contributed by atoms with van der Waals surface area (Å²) >= 11 is 0. The van der Waals surface area contributed by atoms with Gasteiger partial charge in [0.15, 0.2) is 0 Å². The number of hydrogen-bond donors (Lipinski definition) is 3. The topological polar surface area (TPSA) is 128 Å². The number of anilines is 1. The second-order valence-electron chi connectivity index (χ2n) is 8.23. The third kappa shape index (κ3) is 7.13. The molecule has 0 aromatic heterocycles. The van der Waals surface area contributed by atoms with Crippen LogP contribution in [0, 0.1) is 6.92 Å². The molecule has 0 radical (unpaired) electrons. The molecule has 0 aliphatic rings. The van der Waals surface area contributed by atoms with Crippen LogP contribution in [0.2, 0.25) is 0 Å². The Morgan fingerprint density at radius 3 is 2.36 bits per heavy atom. The van der Waals surface area contributed by atoms with E-state index in [1.807, 2.05) is 30.3 Å². The third-order valence-corrected chi connectivity index (χ3v) is 5.62. The summed E-state index contributed by atoms with van der Waals surface area (Å²) in [5, 5.41) is 7.10. The molecule has 0 saturated carbocycles. The third-order valence-electron chi connectivity index (χ3n) is 5.62. The smallest absolute Gasteiger partial charge is 0.328 e. The number of unbranched alkanes of at least 4 members (excludes halogenated alkanes) is 1. The number of rotatable bonds is 10. The molecule has 3 aromatic carbocycles. The summed E-state index contributed by atoms with van der Waals surface area (Å²) in [7, 11) is 1.22. The number of hydrogen-bond acceptors (Lipinski definition) is 6. The Bertz CT molecular complexity index is 1260. The lowest BCUT2D eigenvalue weighted by atomic mass is 10.0. The summed E-state index contributed by atoms with van der Waals surface area (Å²) in [6.07, 6.45) is 1.55. The standard InChI is InChI=1S/C27H29N3O5.ClH/c1-17-10-13-22(29-25(32)20-12-11-18-7-3-4-8-19(18)16-20)21(15-17)24(31)26(33)30-23(27(34)35-2)9-5-6-14-28;/h3-4,7-8,10-13,15-16,23H,5-6,9,14,28H2,1-2H3,(H,29,32)(H,30,33);1H/t23-;/m0./s1. The first-order chi connectivity index (χ1) is 16.8. The summed E-state index contributed by atoms with van der Waals surface area (Å²) in [5.41, 5.74) is 6.88. The molecule has 2 amide bonds. The molecule has 3 aromatic rings. The van der Waals surface area contributed by atoms with Crippen molar-refractivity contribution in [2.24, 2.45) is 5.73 Å². The summed E-state index contributed by atoms with van der Waals surface area (Å²) in [5.74, 6) is -2.88. The van der Waals surface area contributed by atoms with E-state index in [1.165, 1.54) is 13.2 Å². The van der Waals surface area contributed by atoms with Crippen molar-refractivity contribution in [1.29, 1.82) is 0 Å². The van der Waals surface area contributed by atoms with E-state index in [-0.39, 0.29) is 23.7 Å². The van der Waals surface area contributed by atoms with Gasteiger partial charge in [0.25, 0.3) is 17.6 Å². The highest BCUT2D eigenvalue weighted by molar-refractivity contribution is 6.44. The van der Waals surface area contributed by atoms with Gasteiger partial charge in [0.1, 0.15) is 6.04 Å². The van der Waals surface area contributed by atoms with Gasteiger partial charge < -0.3 is 21.1 Å². The maximum Gasteiger partial charge on any atom is 0.328 e. The molecule has 1 atom stereocenters. The molecule has 8 nitrogen and oxygen atoms in total. The maximum absolute atomic E-state index is 13.1. The average Bonchev–Trinajstić information content (AvgIpc) is 2.87. The molecule has 0 spiro atoms. The number of ketones is 1. The molecule has 4 N–H and O–H groups in total. The molecule has 190 valence electrons. The molecule has 3 rings (SSSR count). The van der Waals surface area contributed by atoms with Crippen LogP contribution < -0.4 is 16.4 Å². The van der Waals surface area contributed by atoms with Gasteiger partial charge in [-0.15, -0.1) is 12.4 Å². The number of Topliss-reactive ketones (excluding diaryl/α,β-unsaturated/α-hetero) is 1. The Balaban J connectivity index is 0.00000456. The minimum atomic E-state index is -0.969. The number of nitrogens with two attached hydrogens (primary N) is 1. The Kier molecular flexibility index (Phi) is 10.6. The first kappa shape index (κ1) is 28.5. The van der Waals surface area contributed by atoms with Crippen LogP contribution in [0.4, 0.5) is 5.69 Å². The number of benzene rings is 3. The fourth-order valence-corrected chi connectivity index (χ4v) is 3.71. The van der Waals surface area contributed by atoms with Crippen molar-refractivity contribution >= 4 is 52.4 Å². The van der Waals surface area contributed by atoms with Crippen molar-refractivity contribution in [2.45, 2.75) is 32.2 Å². The first-order valence-electron chi connectivity index (χ1n) is 11.4. The fourth-order valence-electron chi connectivity index (χ4n) is 3.71. The van der Waals surface area contributed by atoms with E-state index in [9.17, 15) is 19.2 Å². The number of methoxy groups -OCH3 is 1. The molecule has 0 bridgehead atoms. The van der Waals surface area contributed by atoms with Gasteiger partial charge >= 0.3 is 5.97 Å². The molecule has 0 unspecified atom stereocenters. The summed E-state index contributed by atoms with van der Waals surface area (Å²) in [4.78, 5) is 50.8. The maximum atomic E-state index is 13.1. The fraction of sp³-hybridized carbons (Fsp3) is 0.259. The normalized spacial score (nSPS) is 11.2. The zero-order chi connectivity index (χ0) is 25.4. The van der Waals surface area contributed by atoms with Crippen molar-refractivity contribution in [2.75, 3.05) is 19.0 Å². The first-order valence-corrected chi connectivity index (χ1v) is 11.4. The Morgan fingerprint density at radius 1 is 0.944 bits per heavy atom. The molecule has 0 fully saturated rings. The van der Waals surface area contributed by atoms with Crippen molar-refractivity contribution in [3.8, 4) is 0 Å². The monoisotopic (exact) mass is 511 g/mol. The van der Waals surface area contributed by atoms with Gasteiger partial charge in [-0.2, -0.15) is 0 Å². The van der Waals surface area contributed by atoms with E-state index in [1.54, 1.807) is 31.2 Å². The number of nitrogens with one attached hydrogen (secondary N) is 2.